The summed E-state index contributed by atoms with van der Waals surface area (Å²) in [5.41, 5.74) is 1.11. The molecule has 1 fully saturated rings. The molecule has 0 atom stereocenters. The van der Waals surface area contributed by atoms with Crippen LogP contribution in [-0.4, -0.2) is 46.4 Å². The number of aryl methyl sites for hydroxylation is 1. The molecule has 27 heavy (non-hydrogen) atoms. The van der Waals surface area contributed by atoms with E-state index in [1.807, 2.05) is 23.4 Å². The highest BCUT2D eigenvalue weighted by atomic mass is 32.1. The molecule has 0 spiro atoms. The van der Waals surface area contributed by atoms with Crippen LogP contribution < -0.4 is 4.90 Å². The Balaban J connectivity index is 1.48. The number of amides is 1. The minimum absolute atomic E-state index is 0.0953. The van der Waals surface area contributed by atoms with Crippen molar-refractivity contribution in [1.29, 1.82) is 0 Å². The van der Waals surface area contributed by atoms with Crippen LogP contribution in [0.4, 0.5) is 18.9 Å². The van der Waals surface area contributed by atoms with Gasteiger partial charge in [0.2, 0.25) is 0 Å². The molecule has 1 aliphatic rings. The van der Waals surface area contributed by atoms with Crippen LogP contribution in [0.5, 0.6) is 0 Å². The molecule has 3 heterocycles. The van der Waals surface area contributed by atoms with Gasteiger partial charge in [0.25, 0.3) is 5.91 Å². The molecule has 1 amide bonds. The van der Waals surface area contributed by atoms with E-state index in [2.05, 4.69) is 4.98 Å². The van der Waals surface area contributed by atoms with Gasteiger partial charge in [0.1, 0.15) is 5.69 Å². The summed E-state index contributed by atoms with van der Waals surface area (Å²) in [6.45, 7) is 3.68. The van der Waals surface area contributed by atoms with Crippen molar-refractivity contribution in [1.82, 2.24) is 14.3 Å². The van der Waals surface area contributed by atoms with Crippen molar-refractivity contribution in [2.45, 2.75) is 13.1 Å². The van der Waals surface area contributed by atoms with Gasteiger partial charge >= 0.3 is 6.18 Å². The van der Waals surface area contributed by atoms with Gasteiger partial charge in [-0.3, -0.25) is 9.20 Å². The van der Waals surface area contributed by atoms with Crippen molar-refractivity contribution in [2.75, 3.05) is 31.1 Å². The molecule has 4 rings (SSSR count). The molecule has 0 N–H and O–H groups in total. The smallest absolute Gasteiger partial charge is 0.368 e. The van der Waals surface area contributed by atoms with E-state index in [1.165, 1.54) is 17.4 Å². The molecule has 1 saturated heterocycles. The fraction of sp³-hybridized carbons (Fsp3) is 0.333. The first-order chi connectivity index (χ1) is 12.8. The average Bonchev–Trinajstić information content (AvgIpc) is 3.21. The second-order valence-corrected chi connectivity index (χ2v) is 7.30. The molecule has 9 heteroatoms. The number of halogens is 3. The monoisotopic (exact) mass is 394 g/mol. The molecule has 0 unspecified atom stereocenters. The van der Waals surface area contributed by atoms with Gasteiger partial charge in [0.15, 0.2) is 4.96 Å². The summed E-state index contributed by atoms with van der Waals surface area (Å²) >= 11 is 1.47. The van der Waals surface area contributed by atoms with E-state index < -0.39 is 11.7 Å². The first-order valence-electron chi connectivity index (χ1n) is 8.48. The Kier molecular flexibility index (Phi) is 4.33. The van der Waals surface area contributed by atoms with Crippen LogP contribution in [0.25, 0.3) is 4.96 Å². The summed E-state index contributed by atoms with van der Waals surface area (Å²) in [6.07, 6.45) is -2.54. The van der Waals surface area contributed by atoms with Gasteiger partial charge in [-0.15, -0.1) is 11.3 Å². The summed E-state index contributed by atoms with van der Waals surface area (Å²) in [6, 6.07) is 5.31. The van der Waals surface area contributed by atoms with Gasteiger partial charge in [-0.05, 0) is 25.1 Å². The van der Waals surface area contributed by atoms with Gasteiger partial charge in [0, 0.05) is 43.4 Å². The van der Waals surface area contributed by atoms with Crippen molar-refractivity contribution < 1.29 is 18.0 Å². The number of hydrogen-bond acceptors (Lipinski definition) is 4. The Labute approximate surface area is 157 Å². The number of carbonyl (C=O) groups is 1. The van der Waals surface area contributed by atoms with Gasteiger partial charge in [-0.2, -0.15) is 13.2 Å². The molecule has 0 saturated carbocycles. The maximum atomic E-state index is 12.9. The van der Waals surface area contributed by atoms with E-state index in [-0.39, 0.29) is 5.91 Å². The zero-order valence-electron chi connectivity index (χ0n) is 14.5. The fourth-order valence-corrected chi connectivity index (χ4v) is 4.11. The summed E-state index contributed by atoms with van der Waals surface area (Å²) in [5.74, 6) is -0.0953. The third-order valence-corrected chi connectivity index (χ3v) is 5.50. The fourth-order valence-electron chi connectivity index (χ4n) is 3.35. The molecule has 1 aliphatic heterocycles. The largest absolute Gasteiger partial charge is 0.416 e. The Morgan fingerprint density at radius 2 is 1.93 bits per heavy atom. The topological polar surface area (TPSA) is 40.9 Å². The number of fused-ring (bicyclic) bond motifs is 1. The first-order valence-corrected chi connectivity index (χ1v) is 9.36. The van der Waals surface area contributed by atoms with E-state index in [9.17, 15) is 18.0 Å². The van der Waals surface area contributed by atoms with Crippen LogP contribution in [-0.2, 0) is 6.18 Å². The summed E-state index contributed by atoms with van der Waals surface area (Å²) < 4.78 is 40.6. The number of thiazole rings is 1. The number of hydrogen-bond donors (Lipinski definition) is 0. The molecule has 0 radical (unpaired) electrons. The number of imidazole rings is 1. The lowest BCUT2D eigenvalue weighted by Gasteiger charge is -2.36. The van der Waals surface area contributed by atoms with Gasteiger partial charge in [0.05, 0.1) is 11.3 Å². The van der Waals surface area contributed by atoms with E-state index in [0.29, 0.717) is 43.3 Å². The number of anilines is 1. The van der Waals surface area contributed by atoms with Crippen LogP contribution in [0.15, 0.2) is 35.8 Å². The predicted octanol–water partition coefficient (Wildman–Crippen LogP) is 3.69. The minimum atomic E-state index is -4.36. The second-order valence-electron chi connectivity index (χ2n) is 6.43. The Hall–Kier alpha value is -2.55. The number of nitrogens with zero attached hydrogens (tertiary/aromatic N) is 4. The van der Waals surface area contributed by atoms with Crippen molar-refractivity contribution in [3.63, 3.8) is 0 Å². The third-order valence-electron chi connectivity index (χ3n) is 4.74. The summed E-state index contributed by atoms with van der Waals surface area (Å²) in [7, 11) is 0. The van der Waals surface area contributed by atoms with E-state index in [1.54, 1.807) is 15.4 Å². The normalized spacial score (nSPS) is 15.6. The van der Waals surface area contributed by atoms with Crippen LogP contribution in [0, 0.1) is 6.92 Å². The SMILES string of the molecule is Cc1nc2sccn2c1C(=O)N1CCN(c2cccc(C(F)(F)F)c2)CC1. The average molecular weight is 394 g/mol. The van der Waals surface area contributed by atoms with Crippen molar-refractivity contribution in [3.05, 3.63) is 52.8 Å². The number of alkyl halides is 3. The molecule has 5 nitrogen and oxygen atoms in total. The number of rotatable bonds is 2. The van der Waals surface area contributed by atoms with Crippen molar-refractivity contribution in [3.8, 4) is 0 Å². The number of carbonyl (C=O) groups excluding carboxylic acids is 1. The lowest BCUT2D eigenvalue weighted by molar-refractivity contribution is -0.137. The maximum absolute atomic E-state index is 12.9. The molecule has 2 aromatic heterocycles. The second kappa shape index (κ2) is 6.56. The molecule has 3 aromatic rings. The number of benzene rings is 1. The molecule has 0 bridgehead atoms. The maximum Gasteiger partial charge on any atom is 0.416 e. The summed E-state index contributed by atoms with van der Waals surface area (Å²) in [5, 5.41) is 1.88. The zero-order valence-corrected chi connectivity index (χ0v) is 15.3. The van der Waals surface area contributed by atoms with Crippen LogP contribution in [0.1, 0.15) is 21.7 Å². The van der Waals surface area contributed by atoms with E-state index >= 15 is 0 Å². The molecule has 1 aromatic carbocycles. The van der Waals surface area contributed by atoms with Crippen LogP contribution in [0.2, 0.25) is 0 Å². The number of piperazine rings is 1. The lowest BCUT2D eigenvalue weighted by Crippen LogP contribution is -2.49. The van der Waals surface area contributed by atoms with Crippen molar-refractivity contribution in [2.24, 2.45) is 0 Å². The lowest BCUT2D eigenvalue weighted by atomic mass is 10.1. The molecule has 142 valence electrons. The molecule has 0 aliphatic carbocycles. The highest BCUT2D eigenvalue weighted by Gasteiger charge is 2.31. The third kappa shape index (κ3) is 3.27. The Morgan fingerprint density at radius 1 is 1.19 bits per heavy atom. The van der Waals surface area contributed by atoms with Gasteiger partial charge < -0.3 is 9.80 Å². The van der Waals surface area contributed by atoms with Gasteiger partial charge in [-0.1, -0.05) is 6.07 Å². The highest BCUT2D eigenvalue weighted by molar-refractivity contribution is 7.15. The highest BCUT2D eigenvalue weighted by Crippen LogP contribution is 2.32. The number of aromatic nitrogens is 2. The van der Waals surface area contributed by atoms with E-state index in [4.69, 9.17) is 0 Å². The van der Waals surface area contributed by atoms with Crippen LogP contribution in [0.3, 0.4) is 0 Å². The summed E-state index contributed by atoms with van der Waals surface area (Å²) in [4.78, 5) is 21.7. The minimum Gasteiger partial charge on any atom is -0.368 e. The first kappa shape index (κ1) is 17.8. The standard InChI is InChI=1S/C18H17F3N4OS/c1-12-15(25-9-10-27-17(25)22-12)16(26)24-7-5-23(6-8-24)14-4-2-3-13(11-14)18(19,20)21/h2-4,9-11H,5-8H2,1H3. The van der Waals surface area contributed by atoms with Crippen molar-refractivity contribution >= 4 is 27.9 Å². The molecular weight excluding hydrogens is 377 g/mol. The Bertz CT molecular complexity index is 986. The quantitative estimate of drug-likeness (QED) is 0.666. The Morgan fingerprint density at radius 3 is 2.63 bits per heavy atom. The zero-order chi connectivity index (χ0) is 19.2. The van der Waals surface area contributed by atoms with Crippen LogP contribution >= 0.6 is 11.3 Å². The van der Waals surface area contributed by atoms with E-state index in [0.717, 1.165) is 17.1 Å². The predicted molar refractivity (Wildman–Crippen MR) is 97.4 cm³/mol. The van der Waals surface area contributed by atoms with Gasteiger partial charge in [-0.25, -0.2) is 4.98 Å². The molecular formula is C18H17F3N4OS.